The van der Waals surface area contributed by atoms with E-state index in [0.29, 0.717) is 34.3 Å². The van der Waals surface area contributed by atoms with E-state index < -0.39 is 5.92 Å². The van der Waals surface area contributed by atoms with Crippen LogP contribution in [0.4, 0.5) is 0 Å². The van der Waals surface area contributed by atoms with Crippen LogP contribution in [-0.2, 0) is 6.61 Å². The van der Waals surface area contributed by atoms with Crippen molar-refractivity contribution in [1.82, 2.24) is 0 Å². The molecule has 8 nitrogen and oxygen atoms in total. The fraction of sp³-hybridized carbons (Fsp3) is 0.154. The van der Waals surface area contributed by atoms with E-state index in [9.17, 15) is 10.5 Å². The van der Waals surface area contributed by atoms with Crippen LogP contribution in [0.2, 0.25) is 0 Å². The molecule has 0 spiro atoms. The number of benzene rings is 3. The molecule has 3 aromatic rings. The summed E-state index contributed by atoms with van der Waals surface area (Å²) in [7, 11) is 1.54. The van der Waals surface area contributed by atoms with Gasteiger partial charge in [0.1, 0.15) is 24.0 Å². The lowest BCUT2D eigenvalue weighted by atomic mass is 9.83. The van der Waals surface area contributed by atoms with E-state index in [4.69, 9.17) is 29.4 Å². The summed E-state index contributed by atoms with van der Waals surface area (Å²) in [5.74, 6) is 2.16. The second-order valence-corrected chi connectivity index (χ2v) is 7.64. The van der Waals surface area contributed by atoms with Crippen LogP contribution in [0.3, 0.4) is 0 Å². The highest BCUT2D eigenvalue weighted by molar-refractivity contribution is 5.62. The topological polar surface area (TPSA) is 120 Å². The highest BCUT2D eigenvalue weighted by atomic mass is 16.7. The molecule has 0 radical (unpaired) electrons. The maximum atomic E-state index is 9.85. The smallest absolute Gasteiger partial charge is 0.231 e. The summed E-state index contributed by atoms with van der Waals surface area (Å²) < 4.78 is 28.2. The minimum atomic E-state index is -0.495. The molecule has 2 aliphatic rings. The van der Waals surface area contributed by atoms with Crippen molar-refractivity contribution in [2.75, 3.05) is 13.9 Å². The molecule has 0 aliphatic carbocycles. The van der Waals surface area contributed by atoms with Gasteiger partial charge in [-0.1, -0.05) is 24.3 Å². The molecule has 2 aliphatic heterocycles. The summed E-state index contributed by atoms with van der Waals surface area (Å²) in [4.78, 5) is 0. The van der Waals surface area contributed by atoms with Crippen LogP contribution in [0.25, 0.3) is 0 Å². The average Bonchev–Trinajstić information content (AvgIpc) is 3.32. The summed E-state index contributed by atoms with van der Waals surface area (Å²) in [5, 5.41) is 19.2. The van der Waals surface area contributed by atoms with Gasteiger partial charge in [0.25, 0.3) is 0 Å². The van der Waals surface area contributed by atoms with Gasteiger partial charge < -0.3 is 29.4 Å². The fourth-order valence-corrected chi connectivity index (χ4v) is 4.08. The lowest BCUT2D eigenvalue weighted by Gasteiger charge is -2.27. The second kappa shape index (κ2) is 8.61. The van der Waals surface area contributed by atoms with Gasteiger partial charge in [0, 0.05) is 17.2 Å². The van der Waals surface area contributed by atoms with E-state index in [2.05, 4.69) is 12.1 Å². The summed E-state index contributed by atoms with van der Waals surface area (Å²) >= 11 is 0. The van der Waals surface area contributed by atoms with Gasteiger partial charge >= 0.3 is 0 Å². The highest BCUT2D eigenvalue weighted by Gasteiger charge is 2.33. The molecule has 0 saturated heterocycles. The Hall–Kier alpha value is -4.82. The van der Waals surface area contributed by atoms with Crippen molar-refractivity contribution in [3.63, 3.8) is 0 Å². The maximum absolute atomic E-state index is 9.85. The van der Waals surface area contributed by atoms with E-state index >= 15 is 0 Å². The molecule has 0 amide bonds. The van der Waals surface area contributed by atoms with Gasteiger partial charge in [-0.3, -0.25) is 0 Å². The molecule has 0 saturated carbocycles. The third-order valence-corrected chi connectivity index (χ3v) is 5.75. The van der Waals surface area contributed by atoms with Crippen molar-refractivity contribution in [3.8, 4) is 40.9 Å². The summed E-state index contributed by atoms with van der Waals surface area (Å²) in [6.07, 6.45) is 0. The van der Waals surface area contributed by atoms with E-state index in [-0.39, 0.29) is 24.9 Å². The van der Waals surface area contributed by atoms with Crippen molar-refractivity contribution < 1.29 is 23.7 Å². The van der Waals surface area contributed by atoms with Gasteiger partial charge in [0.05, 0.1) is 24.7 Å². The first kappa shape index (κ1) is 21.0. The Bertz CT molecular complexity index is 1400. The van der Waals surface area contributed by atoms with Crippen LogP contribution in [0.1, 0.15) is 28.2 Å². The second-order valence-electron chi connectivity index (χ2n) is 7.64. The number of methoxy groups -OCH3 is 1. The van der Waals surface area contributed by atoms with Crippen LogP contribution in [-0.4, -0.2) is 13.9 Å². The van der Waals surface area contributed by atoms with E-state index in [0.717, 1.165) is 16.7 Å². The molecule has 8 heteroatoms. The number of rotatable bonds is 5. The molecule has 2 heterocycles. The summed E-state index contributed by atoms with van der Waals surface area (Å²) in [5.41, 5.74) is 9.20. The minimum Gasteiger partial charge on any atom is -0.493 e. The molecule has 34 heavy (non-hydrogen) atoms. The van der Waals surface area contributed by atoms with E-state index in [1.165, 1.54) is 0 Å². The number of nitrogens with two attached hydrogens (primary N) is 1. The van der Waals surface area contributed by atoms with Crippen LogP contribution in [0.15, 0.2) is 66.1 Å². The number of nitriles is 2. The zero-order chi connectivity index (χ0) is 23.7. The maximum Gasteiger partial charge on any atom is 0.231 e. The predicted molar refractivity (Wildman–Crippen MR) is 120 cm³/mol. The molecule has 168 valence electrons. The van der Waals surface area contributed by atoms with E-state index in [1.54, 1.807) is 31.4 Å². The largest absolute Gasteiger partial charge is 0.493 e. The SMILES string of the molecule is COc1cc([C@@H]2C(C#N)=C(N)Oc3cc4c(cc32)OCO4)ccc1OCc1ccccc1C#N. The molecule has 0 bridgehead atoms. The zero-order valence-corrected chi connectivity index (χ0v) is 18.2. The van der Waals surface area contributed by atoms with Gasteiger partial charge in [-0.25, -0.2) is 0 Å². The number of hydrogen-bond acceptors (Lipinski definition) is 8. The molecule has 5 rings (SSSR count). The molecule has 0 unspecified atom stereocenters. The quantitative estimate of drug-likeness (QED) is 0.613. The Kier molecular flexibility index (Phi) is 5.33. The Balaban J connectivity index is 1.51. The fourth-order valence-electron chi connectivity index (χ4n) is 4.08. The monoisotopic (exact) mass is 453 g/mol. The zero-order valence-electron chi connectivity index (χ0n) is 18.2. The van der Waals surface area contributed by atoms with Gasteiger partial charge in [-0.15, -0.1) is 0 Å². The van der Waals surface area contributed by atoms with Crippen LogP contribution in [0.5, 0.6) is 28.7 Å². The van der Waals surface area contributed by atoms with Gasteiger partial charge in [0.15, 0.2) is 23.0 Å². The first-order valence-corrected chi connectivity index (χ1v) is 10.4. The normalized spacial score (nSPS) is 15.6. The third-order valence-electron chi connectivity index (χ3n) is 5.75. The molecule has 3 aromatic carbocycles. The molecular weight excluding hydrogens is 434 g/mol. The van der Waals surface area contributed by atoms with Crippen molar-refractivity contribution in [1.29, 1.82) is 10.5 Å². The lowest BCUT2D eigenvalue weighted by molar-refractivity contribution is 0.174. The van der Waals surface area contributed by atoms with Crippen LogP contribution >= 0.6 is 0 Å². The first-order valence-electron chi connectivity index (χ1n) is 10.4. The summed E-state index contributed by atoms with van der Waals surface area (Å²) in [6, 6.07) is 20.5. The minimum absolute atomic E-state index is 0.0336. The van der Waals surface area contributed by atoms with Crippen LogP contribution in [0, 0.1) is 22.7 Å². The van der Waals surface area contributed by atoms with Crippen molar-refractivity contribution in [2.24, 2.45) is 5.73 Å². The lowest BCUT2D eigenvalue weighted by Crippen LogP contribution is -2.21. The highest BCUT2D eigenvalue weighted by Crippen LogP contribution is 2.48. The Morgan fingerprint density at radius 2 is 1.76 bits per heavy atom. The van der Waals surface area contributed by atoms with Crippen molar-refractivity contribution in [2.45, 2.75) is 12.5 Å². The third kappa shape index (κ3) is 3.58. The molecular formula is C26H19N3O5. The first-order chi connectivity index (χ1) is 16.6. The number of nitrogens with zero attached hydrogens (tertiary/aromatic N) is 2. The predicted octanol–water partition coefficient (Wildman–Crippen LogP) is 4.09. The van der Waals surface area contributed by atoms with Gasteiger partial charge in [-0.05, 0) is 29.8 Å². The molecule has 1 atom stereocenters. The molecule has 0 aromatic heterocycles. The number of fused-ring (bicyclic) bond motifs is 2. The number of ether oxygens (including phenoxy) is 5. The Morgan fingerprint density at radius 3 is 2.53 bits per heavy atom. The number of hydrogen-bond donors (Lipinski definition) is 1. The van der Waals surface area contributed by atoms with Crippen molar-refractivity contribution >= 4 is 0 Å². The van der Waals surface area contributed by atoms with Crippen LogP contribution < -0.4 is 29.4 Å². The summed E-state index contributed by atoms with van der Waals surface area (Å²) in [6.45, 7) is 0.324. The average molecular weight is 453 g/mol. The Morgan fingerprint density at radius 1 is 0.971 bits per heavy atom. The Labute approximate surface area is 195 Å². The molecule has 0 fully saturated rings. The number of allylic oxidation sites excluding steroid dienone is 1. The standard InChI is InChI=1S/C26H19N3O5/c1-30-22-8-15(6-7-20(22)31-13-17-5-3-2-4-16(17)11-27)25-18-9-23-24(33-14-32-23)10-21(18)34-26(29)19(25)12-28/h2-10,25H,13-14,29H2,1H3/t25-/m0/s1. The molecule has 2 N–H and O–H groups in total. The van der Waals surface area contributed by atoms with Crippen molar-refractivity contribution in [3.05, 3.63) is 88.3 Å². The van der Waals surface area contributed by atoms with Gasteiger partial charge in [0.2, 0.25) is 12.7 Å². The van der Waals surface area contributed by atoms with Gasteiger partial charge in [-0.2, -0.15) is 10.5 Å². The van der Waals surface area contributed by atoms with E-state index in [1.807, 2.05) is 30.3 Å².